The molecule has 126 valence electrons. The first kappa shape index (κ1) is 19.6. The fraction of sp³-hybridized carbons (Fsp3) is 0.833. The first-order valence-corrected chi connectivity index (χ1v) is 4.12. The molecule has 0 aromatic heterocycles. The summed E-state index contributed by atoms with van der Waals surface area (Å²) in [7, 11) is 0. The van der Waals surface area contributed by atoms with E-state index in [-0.39, 0.29) is 0 Å². The maximum Gasteiger partial charge on any atom is 0.470 e. The summed E-state index contributed by atoms with van der Waals surface area (Å²) in [6.45, 7) is 0. The van der Waals surface area contributed by atoms with Gasteiger partial charge in [-0.05, 0) is 0 Å². The van der Waals surface area contributed by atoms with Gasteiger partial charge < -0.3 is 5.11 Å². The molecule has 0 aromatic rings. The number of hydrogen-bond acceptors (Lipinski definition) is 2. The molecule has 1 N–H and O–H groups in total. The lowest BCUT2D eigenvalue weighted by Gasteiger charge is -2.41. The highest BCUT2D eigenvalue weighted by Gasteiger charge is 2.86. The maximum absolute atomic E-state index is 13.2. The number of carbonyl (C=O) groups is 1. The van der Waals surface area contributed by atoms with Gasteiger partial charge in [0.2, 0.25) is 0 Å². The monoisotopic (exact) mass is 347 g/mol. The van der Waals surface area contributed by atoms with Gasteiger partial charge in [0.25, 0.3) is 0 Å². The third-order valence-electron chi connectivity index (χ3n) is 1.88. The average Bonchev–Trinajstić information content (AvgIpc) is 2.09. The molecule has 0 radical (unpaired) electrons. The van der Waals surface area contributed by atoms with Crippen LogP contribution in [0.5, 0.6) is 0 Å². The third kappa shape index (κ3) is 3.11. The Morgan fingerprint density at radius 1 is 0.714 bits per heavy atom. The minimum Gasteiger partial charge on any atom is -0.477 e. The Bertz CT molecular complexity index is 393. The Labute approximate surface area is 105 Å². The Morgan fingerprint density at radius 2 is 1.00 bits per heavy atom. The summed E-state index contributed by atoms with van der Waals surface area (Å²) in [5.41, 5.74) is 0. The molecule has 0 spiro atoms. The van der Waals surface area contributed by atoms with Gasteiger partial charge in [0.05, 0.1) is 0 Å². The van der Waals surface area contributed by atoms with E-state index >= 15 is 0 Å². The maximum atomic E-state index is 13.2. The standard InChI is InChI=1S/C6HF12NO2/c7-2(8,1(20)21)3(9,4(10,11)12)19(5(13,14)15)6(16,17)18/h(H,20,21)/t3-/m1/s1. The van der Waals surface area contributed by atoms with Gasteiger partial charge in [-0.3, -0.25) is 0 Å². The van der Waals surface area contributed by atoms with Crippen molar-refractivity contribution in [1.82, 2.24) is 4.90 Å². The van der Waals surface area contributed by atoms with E-state index in [2.05, 4.69) is 0 Å². The number of nitrogens with zero attached hydrogens (tertiary/aromatic N) is 1. The van der Waals surface area contributed by atoms with Crippen LogP contribution in [0.3, 0.4) is 0 Å². The predicted molar refractivity (Wildman–Crippen MR) is 36.4 cm³/mol. The summed E-state index contributed by atoms with van der Waals surface area (Å²) in [5, 5.41) is 7.67. The quantitative estimate of drug-likeness (QED) is 0.629. The van der Waals surface area contributed by atoms with E-state index < -0.39 is 41.4 Å². The first-order chi connectivity index (χ1) is 8.81. The van der Waals surface area contributed by atoms with E-state index in [1.165, 1.54) is 0 Å². The van der Waals surface area contributed by atoms with Crippen LogP contribution in [0.15, 0.2) is 0 Å². The lowest BCUT2D eigenvalue weighted by atomic mass is 10.1. The molecular weight excluding hydrogens is 346 g/mol. The summed E-state index contributed by atoms with van der Waals surface area (Å²) >= 11 is 0. The highest BCUT2D eigenvalue weighted by Crippen LogP contribution is 2.54. The van der Waals surface area contributed by atoms with Crippen LogP contribution >= 0.6 is 0 Å². The highest BCUT2D eigenvalue weighted by atomic mass is 19.4. The summed E-state index contributed by atoms with van der Waals surface area (Å²) < 4.78 is 147. The zero-order chi connectivity index (χ0) is 17.7. The summed E-state index contributed by atoms with van der Waals surface area (Å²) in [6.07, 6.45) is -22.2. The molecular formula is C6HF12NO2. The molecule has 0 aliphatic rings. The number of aliphatic carboxylic acids is 1. The average molecular weight is 347 g/mol. The van der Waals surface area contributed by atoms with Gasteiger partial charge in [0, 0.05) is 0 Å². The van der Waals surface area contributed by atoms with Crippen molar-refractivity contribution in [2.75, 3.05) is 0 Å². The molecule has 0 fully saturated rings. The van der Waals surface area contributed by atoms with Crippen molar-refractivity contribution in [2.24, 2.45) is 0 Å². The first-order valence-electron chi connectivity index (χ1n) is 4.12. The van der Waals surface area contributed by atoms with Gasteiger partial charge in [-0.1, -0.05) is 4.90 Å². The van der Waals surface area contributed by atoms with E-state index in [4.69, 9.17) is 5.11 Å². The molecule has 0 saturated heterocycles. The van der Waals surface area contributed by atoms with Crippen molar-refractivity contribution < 1.29 is 62.6 Å². The van der Waals surface area contributed by atoms with Gasteiger partial charge in [0.1, 0.15) is 0 Å². The molecule has 0 aromatic carbocycles. The Kier molecular flexibility index (Phi) is 4.48. The second-order valence-electron chi connectivity index (χ2n) is 3.27. The molecule has 0 unspecified atom stereocenters. The van der Waals surface area contributed by atoms with Gasteiger partial charge in [-0.15, -0.1) is 0 Å². The molecule has 0 amide bonds. The summed E-state index contributed by atoms with van der Waals surface area (Å²) in [4.78, 5) is 5.67. The van der Waals surface area contributed by atoms with E-state index in [0.29, 0.717) is 0 Å². The SMILES string of the molecule is O=C(O)C(F)(F)[C@@](F)(N(C(F)(F)F)C(F)(F)F)C(F)(F)F. The molecule has 0 aliphatic carbocycles. The van der Waals surface area contributed by atoms with Crippen molar-refractivity contribution >= 4 is 5.97 Å². The number of hydrogen-bond donors (Lipinski definition) is 1. The lowest BCUT2D eigenvalue weighted by Crippen LogP contribution is -2.74. The van der Waals surface area contributed by atoms with Crippen LogP contribution in [0.4, 0.5) is 52.7 Å². The molecule has 15 heteroatoms. The van der Waals surface area contributed by atoms with Crippen LogP contribution in [0, 0.1) is 0 Å². The Balaban J connectivity index is 6.61. The zero-order valence-electron chi connectivity index (χ0n) is 8.84. The Hall–Kier alpha value is -1.41. The molecule has 0 heterocycles. The summed E-state index contributed by atoms with van der Waals surface area (Å²) in [5.74, 6) is -18.9. The molecule has 0 saturated carbocycles. The fourth-order valence-corrected chi connectivity index (χ4v) is 1.08. The molecule has 21 heavy (non-hydrogen) atoms. The van der Waals surface area contributed by atoms with Crippen LogP contribution in [0.25, 0.3) is 0 Å². The summed E-state index contributed by atoms with van der Waals surface area (Å²) in [6, 6.07) is 0. The van der Waals surface area contributed by atoms with Gasteiger partial charge >= 0.3 is 36.5 Å². The predicted octanol–water partition coefficient (Wildman–Crippen LogP) is 3.28. The molecule has 0 aliphatic heterocycles. The van der Waals surface area contributed by atoms with Crippen LogP contribution in [-0.2, 0) is 4.79 Å². The van der Waals surface area contributed by atoms with Crippen molar-refractivity contribution in [1.29, 1.82) is 0 Å². The fourth-order valence-electron chi connectivity index (χ4n) is 1.08. The molecule has 1 atom stereocenters. The van der Waals surface area contributed by atoms with Gasteiger partial charge in [-0.2, -0.15) is 48.3 Å². The van der Waals surface area contributed by atoms with Crippen molar-refractivity contribution in [3.63, 3.8) is 0 Å². The van der Waals surface area contributed by atoms with E-state index in [1.54, 1.807) is 0 Å². The van der Waals surface area contributed by atoms with Crippen LogP contribution in [0.2, 0.25) is 0 Å². The number of alkyl halides is 12. The van der Waals surface area contributed by atoms with E-state index in [1.807, 2.05) is 0 Å². The van der Waals surface area contributed by atoms with Gasteiger partial charge in [0.15, 0.2) is 0 Å². The Morgan fingerprint density at radius 3 is 1.14 bits per heavy atom. The highest BCUT2D eigenvalue weighted by molar-refractivity contribution is 5.77. The van der Waals surface area contributed by atoms with Crippen LogP contribution in [0.1, 0.15) is 0 Å². The van der Waals surface area contributed by atoms with Crippen LogP contribution < -0.4 is 0 Å². The van der Waals surface area contributed by atoms with E-state index in [9.17, 15) is 57.5 Å². The molecule has 0 bridgehead atoms. The number of rotatable bonds is 3. The van der Waals surface area contributed by atoms with Crippen LogP contribution in [-0.4, -0.2) is 46.5 Å². The normalized spacial score (nSPS) is 17.8. The molecule has 3 nitrogen and oxygen atoms in total. The topological polar surface area (TPSA) is 40.5 Å². The minimum absolute atomic E-state index is 4.15. The smallest absolute Gasteiger partial charge is 0.470 e. The zero-order valence-corrected chi connectivity index (χ0v) is 8.84. The number of halogens is 12. The minimum atomic E-state index is -7.61. The molecule has 0 rings (SSSR count). The van der Waals surface area contributed by atoms with Crippen molar-refractivity contribution in [2.45, 2.75) is 30.5 Å². The third-order valence-corrected chi connectivity index (χ3v) is 1.88. The lowest BCUT2D eigenvalue weighted by molar-refractivity contribution is -0.479. The largest absolute Gasteiger partial charge is 0.477 e. The number of carboxylic acids is 1. The second-order valence-corrected chi connectivity index (χ2v) is 3.27. The van der Waals surface area contributed by atoms with Gasteiger partial charge in [-0.25, -0.2) is 9.18 Å². The second kappa shape index (κ2) is 4.81. The van der Waals surface area contributed by atoms with E-state index in [0.717, 1.165) is 0 Å². The van der Waals surface area contributed by atoms with Crippen molar-refractivity contribution in [3.8, 4) is 0 Å². The van der Waals surface area contributed by atoms with Crippen molar-refractivity contribution in [3.05, 3.63) is 0 Å². The number of carboxylic acid groups (broad SMARTS) is 1.